The molecule has 4 nitrogen and oxygen atoms in total. The van der Waals surface area contributed by atoms with E-state index in [4.69, 9.17) is 10.5 Å². The standard InChI is InChI=1S/C15H22N2O2/c1-10(2)12-6-15(18)17(9-12)8-11-4-13(16)7-14(5-11)19-3/h4-5,7,10,12H,6,8-9,16H2,1-3H3. The Hall–Kier alpha value is -1.71. The Bertz CT molecular complexity index is 471. The Morgan fingerprint density at radius 2 is 2.16 bits per heavy atom. The van der Waals surface area contributed by atoms with Gasteiger partial charge in [0.2, 0.25) is 5.91 Å². The molecular formula is C15H22N2O2. The molecule has 2 rings (SSSR count). The summed E-state index contributed by atoms with van der Waals surface area (Å²) in [4.78, 5) is 13.9. The number of benzene rings is 1. The lowest BCUT2D eigenvalue weighted by atomic mass is 9.95. The lowest BCUT2D eigenvalue weighted by Gasteiger charge is -2.18. The number of carbonyl (C=O) groups is 1. The highest BCUT2D eigenvalue weighted by Crippen LogP contribution is 2.27. The van der Waals surface area contributed by atoms with Crippen LogP contribution in [0, 0.1) is 11.8 Å². The number of nitrogen functional groups attached to an aromatic ring is 1. The first-order valence-electron chi connectivity index (χ1n) is 6.70. The molecule has 2 N–H and O–H groups in total. The van der Waals surface area contributed by atoms with E-state index in [0.717, 1.165) is 17.9 Å². The summed E-state index contributed by atoms with van der Waals surface area (Å²) in [6.07, 6.45) is 0.664. The largest absolute Gasteiger partial charge is 0.497 e. The molecule has 1 aliphatic heterocycles. The van der Waals surface area contributed by atoms with Crippen LogP contribution in [0.15, 0.2) is 18.2 Å². The van der Waals surface area contributed by atoms with Gasteiger partial charge in [0.1, 0.15) is 5.75 Å². The molecule has 1 saturated heterocycles. The monoisotopic (exact) mass is 262 g/mol. The summed E-state index contributed by atoms with van der Waals surface area (Å²) in [5.41, 5.74) is 7.53. The van der Waals surface area contributed by atoms with E-state index in [1.54, 1.807) is 13.2 Å². The van der Waals surface area contributed by atoms with Crippen LogP contribution in [0.1, 0.15) is 25.8 Å². The molecule has 0 radical (unpaired) electrons. The van der Waals surface area contributed by atoms with Crippen LogP contribution < -0.4 is 10.5 Å². The van der Waals surface area contributed by atoms with Crippen LogP contribution in [-0.4, -0.2) is 24.5 Å². The molecule has 0 aromatic heterocycles. The number of hydrogen-bond donors (Lipinski definition) is 1. The molecule has 1 fully saturated rings. The second kappa shape index (κ2) is 5.51. The van der Waals surface area contributed by atoms with E-state index in [2.05, 4.69) is 13.8 Å². The van der Waals surface area contributed by atoms with E-state index in [0.29, 0.717) is 30.5 Å². The molecular weight excluding hydrogens is 240 g/mol. The van der Waals surface area contributed by atoms with Gasteiger partial charge in [0.15, 0.2) is 0 Å². The fourth-order valence-corrected chi connectivity index (χ4v) is 2.52. The van der Waals surface area contributed by atoms with Crippen molar-refractivity contribution in [1.29, 1.82) is 0 Å². The topological polar surface area (TPSA) is 55.6 Å². The lowest BCUT2D eigenvalue weighted by Crippen LogP contribution is -2.25. The van der Waals surface area contributed by atoms with Crippen molar-refractivity contribution in [3.63, 3.8) is 0 Å². The van der Waals surface area contributed by atoms with Crippen molar-refractivity contribution in [3.8, 4) is 5.75 Å². The predicted molar refractivity (Wildman–Crippen MR) is 75.8 cm³/mol. The maximum absolute atomic E-state index is 12.0. The van der Waals surface area contributed by atoms with Crippen LogP contribution in [0.4, 0.5) is 5.69 Å². The first-order chi connectivity index (χ1) is 8.99. The van der Waals surface area contributed by atoms with Crippen molar-refractivity contribution in [2.75, 3.05) is 19.4 Å². The molecule has 0 aliphatic carbocycles. The van der Waals surface area contributed by atoms with Crippen molar-refractivity contribution in [2.45, 2.75) is 26.8 Å². The molecule has 1 unspecified atom stereocenters. The molecule has 104 valence electrons. The average molecular weight is 262 g/mol. The Labute approximate surface area is 114 Å². The second-order valence-electron chi connectivity index (χ2n) is 5.60. The van der Waals surface area contributed by atoms with Crippen molar-refractivity contribution in [1.82, 2.24) is 4.90 Å². The van der Waals surface area contributed by atoms with Gasteiger partial charge in [-0.15, -0.1) is 0 Å². The quantitative estimate of drug-likeness (QED) is 0.847. The molecule has 1 amide bonds. The fraction of sp³-hybridized carbons (Fsp3) is 0.533. The number of anilines is 1. The minimum atomic E-state index is 0.236. The highest BCUT2D eigenvalue weighted by Gasteiger charge is 2.31. The second-order valence-corrected chi connectivity index (χ2v) is 5.60. The van der Waals surface area contributed by atoms with E-state index in [1.165, 1.54) is 0 Å². The zero-order valence-electron chi connectivity index (χ0n) is 11.8. The molecule has 1 aromatic carbocycles. The van der Waals surface area contributed by atoms with E-state index in [-0.39, 0.29) is 5.91 Å². The van der Waals surface area contributed by atoms with Crippen LogP contribution >= 0.6 is 0 Å². The molecule has 0 spiro atoms. The van der Waals surface area contributed by atoms with Crippen LogP contribution in [0.5, 0.6) is 5.75 Å². The molecule has 1 aromatic rings. The minimum Gasteiger partial charge on any atom is -0.497 e. The van der Waals surface area contributed by atoms with Crippen LogP contribution in [0.3, 0.4) is 0 Å². The highest BCUT2D eigenvalue weighted by atomic mass is 16.5. The third kappa shape index (κ3) is 3.19. The summed E-state index contributed by atoms with van der Waals surface area (Å²) in [5.74, 6) is 1.99. The number of hydrogen-bond acceptors (Lipinski definition) is 3. The van der Waals surface area contributed by atoms with Gasteiger partial charge in [0.25, 0.3) is 0 Å². The predicted octanol–water partition coefficient (Wildman–Crippen LogP) is 2.28. The van der Waals surface area contributed by atoms with Crippen molar-refractivity contribution < 1.29 is 9.53 Å². The Morgan fingerprint density at radius 3 is 2.74 bits per heavy atom. The van der Waals surface area contributed by atoms with Gasteiger partial charge in [-0.25, -0.2) is 0 Å². The molecule has 1 heterocycles. The summed E-state index contributed by atoms with van der Waals surface area (Å²) < 4.78 is 5.20. The number of carbonyl (C=O) groups excluding carboxylic acids is 1. The zero-order valence-corrected chi connectivity index (χ0v) is 11.8. The third-order valence-electron chi connectivity index (χ3n) is 3.78. The zero-order chi connectivity index (χ0) is 14.0. The van der Waals surface area contributed by atoms with Gasteiger partial charge < -0.3 is 15.4 Å². The van der Waals surface area contributed by atoms with E-state index in [9.17, 15) is 4.79 Å². The normalized spacial score (nSPS) is 19.3. The van der Waals surface area contributed by atoms with Gasteiger partial charge in [-0.3, -0.25) is 4.79 Å². The van der Waals surface area contributed by atoms with Gasteiger partial charge in [-0.05, 0) is 29.5 Å². The van der Waals surface area contributed by atoms with Crippen LogP contribution in [0.25, 0.3) is 0 Å². The van der Waals surface area contributed by atoms with E-state index in [1.807, 2.05) is 17.0 Å². The fourth-order valence-electron chi connectivity index (χ4n) is 2.52. The number of ether oxygens (including phenoxy) is 1. The van der Waals surface area contributed by atoms with E-state index >= 15 is 0 Å². The number of likely N-dealkylation sites (tertiary alicyclic amines) is 1. The Morgan fingerprint density at radius 1 is 1.42 bits per heavy atom. The number of amides is 1. The number of nitrogens with two attached hydrogens (primary N) is 1. The number of nitrogens with zero attached hydrogens (tertiary/aromatic N) is 1. The summed E-state index contributed by atoms with van der Waals surface area (Å²) >= 11 is 0. The van der Waals surface area contributed by atoms with Crippen molar-refractivity contribution in [2.24, 2.45) is 11.8 Å². The van der Waals surface area contributed by atoms with Crippen molar-refractivity contribution >= 4 is 11.6 Å². The van der Waals surface area contributed by atoms with Crippen LogP contribution in [0.2, 0.25) is 0 Å². The van der Waals surface area contributed by atoms with E-state index < -0.39 is 0 Å². The lowest BCUT2D eigenvalue weighted by molar-refractivity contribution is -0.128. The molecule has 0 bridgehead atoms. The molecule has 1 atom stereocenters. The van der Waals surface area contributed by atoms with Crippen molar-refractivity contribution in [3.05, 3.63) is 23.8 Å². The van der Waals surface area contributed by atoms with Gasteiger partial charge in [0.05, 0.1) is 7.11 Å². The average Bonchev–Trinajstić information content (AvgIpc) is 2.70. The number of methoxy groups -OCH3 is 1. The van der Waals surface area contributed by atoms with Gasteiger partial charge in [0, 0.05) is 31.3 Å². The smallest absolute Gasteiger partial charge is 0.223 e. The maximum atomic E-state index is 12.0. The minimum absolute atomic E-state index is 0.236. The summed E-state index contributed by atoms with van der Waals surface area (Å²) in [6, 6.07) is 5.62. The van der Waals surface area contributed by atoms with Gasteiger partial charge in [-0.2, -0.15) is 0 Å². The highest BCUT2D eigenvalue weighted by molar-refractivity contribution is 5.78. The third-order valence-corrected chi connectivity index (χ3v) is 3.78. The van der Waals surface area contributed by atoms with Gasteiger partial charge in [-0.1, -0.05) is 13.8 Å². The Kier molecular flexibility index (Phi) is 3.98. The summed E-state index contributed by atoms with van der Waals surface area (Å²) in [5, 5.41) is 0. The first kappa shape index (κ1) is 13.7. The Balaban J connectivity index is 2.09. The SMILES string of the molecule is COc1cc(N)cc(CN2CC(C(C)C)CC2=O)c1. The van der Waals surface area contributed by atoms with Gasteiger partial charge >= 0.3 is 0 Å². The molecule has 4 heteroatoms. The molecule has 1 aliphatic rings. The first-order valence-corrected chi connectivity index (χ1v) is 6.70. The summed E-state index contributed by atoms with van der Waals surface area (Å²) in [6.45, 7) is 5.80. The summed E-state index contributed by atoms with van der Waals surface area (Å²) in [7, 11) is 1.62. The molecule has 19 heavy (non-hydrogen) atoms. The molecule has 0 saturated carbocycles. The van der Waals surface area contributed by atoms with Crippen LogP contribution in [-0.2, 0) is 11.3 Å². The maximum Gasteiger partial charge on any atom is 0.223 e. The number of rotatable bonds is 4.